The molecule has 0 bridgehead atoms. The smallest absolute Gasteiger partial charge is 0.305 e. The largest absolute Gasteiger partial charge is 0.469 e. The number of carbonyl (C=O) groups is 1. The minimum absolute atomic E-state index is 0.267. The van der Waals surface area contributed by atoms with Crippen molar-refractivity contribution < 1.29 is 24.9 Å². The molecule has 0 amide bonds. The van der Waals surface area contributed by atoms with E-state index >= 15 is 0 Å². The summed E-state index contributed by atoms with van der Waals surface area (Å²) in [5.41, 5.74) is 0. The molecule has 0 fully saturated rings. The van der Waals surface area contributed by atoms with E-state index in [2.05, 4.69) is 28.4 Å². The lowest BCUT2D eigenvalue weighted by Crippen LogP contribution is -2.05. The summed E-state index contributed by atoms with van der Waals surface area (Å²) < 4.78 is 4.51. The highest BCUT2D eigenvalue weighted by molar-refractivity contribution is 5.68. The monoisotopic (exact) mass is 360 g/mol. The van der Waals surface area contributed by atoms with Crippen molar-refractivity contribution in [1.29, 1.82) is 0 Å². The van der Waals surface area contributed by atoms with Crippen LogP contribution in [0.2, 0.25) is 0 Å². The summed E-state index contributed by atoms with van der Waals surface area (Å²) in [5.74, 6) is 10.6. The second-order valence-corrected chi connectivity index (χ2v) is 5.44. The zero-order valence-electron chi connectivity index (χ0n) is 15.4. The van der Waals surface area contributed by atoms with Crippen LogP contribution >= 0.6 is 0 Å². The van der Waals surface area contributed by atoms with Gasteiger partial charge >= 0.3 is 5.97 Å². The quantitative estimate of drug-likeness (QED) is 0.332. The van der Waals surface area contributed by atoms with Gasteiger partial charge in [0, 0.05) is 12.8 Å². The molecule has 0 spiro atoms. The van der Waals surface area contributed by atoms with Crippen LogP contribution in [0, 0.1) is 23.7 Å². The molecule has 0 radical (unpaired) electrons. The lowest BCUT2D eigenvalue weighted by molar-refractivity contribution is -0.140. The van der Waals surface area contributed by atoms with Gasteiger partial charge in [0.15, 0.2) is 0 Å². The van der Waals surface area contributed by atoms with E-state index in [9.17, 15) is 20.1 Å². The number of rotatable bonds is 9. The van der Waals surface area contributed by atoms with Crippen LogP contribution in [0.4, 0.5) is 0 Å². The fourth-order valence-electron chi connectivity index (χ4n) is 1.64. The van der Waals surface area contributed by atoms with Crippen LogP contribution in [-0.2, 0) is 9.53 Å². The van der Waals surface area contributed by atoms with E-state index in [0.29, 0.717) is 25.7 Å². The SMILES string of the molecule is CC[C@@H](O)/C=C/C#CC[C@@H](O)/C=C/C=C/C#C[C@@H](O)CCCC(=O)OC. The van der Waals surface area contributed by atoms with Crippen molar-refractivity contribution in [3.05, 3.63) is 36.5 Å². The van der Waals surface area contributed by atoms with E-state index in [4.69, 9.17) is 0 Å². The molecular weight excluding hydrogens is 332 g/mol. The summed E-state index contributed by atoms with van der Waals surface area (Å²) in [5, 5.41) is 28.6. The first-order valence-corrected chi connectivity index (χ1v) is 8.60. The van der Waals surface area contributed by atoms with Gasteiger partial charge < -0.3 is 20.1 Å². The Bertz CT molecular complexity index is 595. The van der Waals surface area contributed by atoms with Crippen molar-refractivity contribution in [1.82, 2.24) is 0 Å². The Labute approximate surface area is 156 Å². The molecule has 0 unspecified atom stereocenters. The molecule has 142 valence electrons. The third-order valence-electron chi connectivity index (χ3n) is 3.19. The maximum atomic E-state index is 10.9. The third-order valence-corrected chi connectivity index (χ3v) is 3.19. The molecule has 0 aromatic heterocycles. The Morgan fingerprint density at radius 3 is 2.54 bits per heavy atom. The van der Waals surface area contributed by atoms with Crippen LogP contribution in [0.25, 0.3) is 0 Å². The Morgan fingerprint density at radius 1 is 1.08 bits per heavy atom. The molecule has 5 heteroatoms. The predicted molar refractivity (Wildman–Crippen MR) is 102 cm³/mol. The molecule has 3 atom stereocenters. The zero-order chi connectivity index (χ0) is 19.6. The molecule has 3 N–H and O–H groups in total. The van der Waals surface area contributed by atoms with Gasteiger partial charge in [-0.25, -0.2) is 0 Å². The summed E-state index contributed by atoms with van der Waals surface area (Å²) in [6.45, 7) is 1.88. The first-order chi connectivity index (χ1) is 12.5. The van der Waals surface area contributed by atoms with Crippen LogP contribution in [0.5, 0.6) is 0 Å². The highest BCUT2D eigenvalue weighted by atomic mass is 16.5. The fourth-order valence-corrected chi connectivity index (χ4v) is 1.64. The lowest BCUT2D eigenvalue weighted by atomic mass is 10.1. The van der Waals surface area contributed by atoms with Crippen molar-refractivity contribution in [2.24, 2.45) is 0 Å². The van der Waals surface area contributed by atoms with Gasteiger partial charge in [-0.05, 0) is 37.5 Å². The molecular formula is C21H28O5. The van der Waals surface area contributed by atoms with Gasteiger partial charge in [0.1, 0.15) is 6.10 Å². The minimum atomic E-state index is -0.784. The van der Waals surface area contributed by atoms with E-state index < -0.39 is 18.3 Å². The first-order valence-electron chi connectivity index (χ1n) is 8.60. The molecule has 0 aliphatic heterocycles. The Morgan fingerprint density at radius 2 is 1.85 bits per heavy atom. The molecule has 0 aliphatic rings. The van der Waals surface area contributed by atoms with Crippen LogP contribution in [0.3, 0.4) is 0 Å². The van der Waals surface area contributed by atoms with Crippen molar-refractivity contribution >= 4 is 5.97 Å². The average Bonchev–Trinajstić information content (AvgIpc) is 2.63. The fraction of sp³-hybridized carbons (Fsp3) is 0.476. The van der Waals surface area contributed by atoms with Gasteiger partial charge in [-0.2, -0.15) is 0 Å². The van der Waals surface area contributed by atoms with E-state index in [1.165, 1.54) is 7.11 Å². The number of aliphatic hydroxyl groups excluding tert-OH is 3. The Hall–Kier alpha value is -2.31. The normalized spacial score (nSPS) is 14.5. The Kier molecular flexibility index (Phi) is 14.7. The predicted octanol–water partition coefficient (Wildman–Crippen LogP) is 1.89. The molecule has 0 saturated heterocycles. The van der Waals surface area contributed by atoms with Gasteiger partial charge in [-0.15, -0.1) is 0 Å². The molecule has 0 aliphatic carbocycles. The summed E-state index contributed by atoms with van der Waals surface area (Å²) in [6, 6.07) is 0. The summed E-state index contributed by atoms with van der Waals surface area (Å²) in [7, 11) is 1.33. The highest BCUT2D eigenvalue weighted by Crippen LogP contribution is 2.01. The molecule has 0 heterocycles. The molecule has 5 nitrogen and oxygen atoms in total. The van der Waals surface area contributed by atoms with Gasteiger partial charge in [-0.3, -0.25) is 4.79 Å². The van der Waals surface area contributed by atoms with Gasteiger partial charge in [0.25, 0.3) is 0 Å². The van der Waals surface area contributed by atoms with E-state index in [-0.39, 0.29) is 12.4 Å². The number of aliphatic hydroxyl groups is 3. The zero-order valence-corrected chi connectivity index (χ0v) is 15.4. The average molecular weight is 360 g/mol. The van der Waals surface area contributed by atoms with E-state index in [1.807, 2.05) is 6.92 Å². The van der Waals surface area contributed by atoms with Crippen molar-refractivity contribution in [3.8, 4) is 23.7 Å². The van der Waals surface area contributed by atoms with Crippen molar-refractivity contribution in [2.75, 3.05) is 7.11 Å². The number of esters is 1. The third kappa shape index (κ3) is 15.2. The summed E-state index contributed by atoms with van der Waals surface area (Å²) in [4.78, 5) is 10.9. The minimum Gasteiger partial charge on any atom is -0.469 e. The number of hydrogen-bond donors (Lipinski definition) is 3. The molecule has 0 rings (SSSR count). The Balaban J connectivity index is 4.04. The van der Waals surface area contributed by atoms with Crippen LogP contribution in [0.1, 0.15) is 39.0 Å². The van der Waals surface area contributed by atoms with E-state index in [1.54, 1.807) is 36.5 Å². The second kappa shape index (κ2) is 16.2. The maximum Gasteiger partial charge on any atom is 0.305 e. The van der Waals surface area contributed by atoms with Crippen LogP contribution < -0.4 is 0 Å². The number of methoxy groups -OCH3 is 1. The highest BCUT2D eigenvalue weighted by Gasteiger charge is 2.03. The molecule has 0 aromatic carbocycles. The van der Waals surface area contributed by atoms with Crippen LogP contribution in [0.15, 0.2) is 36.5 Å². The molecule has 0 aromatic rings. The topological polar surface area (TPSA) is 87.0 Å². The number of carbonyl (C=O) groups excluding carboxylic acids is 1. The summed E-state index contributed by atoms with van der Waals surface area (Å²) >= 11 is 0. The maximum absolute atomic E-state index is 10.9. The van der Waals surface area contributed by atoms with Gasteiger partial charge in [0.2, 0.25) is 0 Å². The van der Waals surface area contributed by atoms with Gasteiger partial charge in [0.05, 0.1) is 19.3 Å². The van der Waals surface area contributed by atoms with Crippen LogP contribution in [-0.4, -0.2) is 46.7 Å². The summed E-state index contributed by atoms with van der Waals surface area (Å²) in [6.07, 6.45) is 9.83. The van der Waals surface area contributed by atoms with Crippen molar-refractivity contribution in [2.45, 2.75) is 57.3 Å². The van der Waals surface area contributed by atoms with E-state index in [0.717, 1.165) is 0 Å². The number of ether oxygens (including phenoxy) is 1. The molecule has 0 saturated carbocycles. The number of allylic oxidation sites excluding steroid dienone is 4. The molecule has 26 heavy (non-hydrogen) atoms. The lowest BCUT2D eigenvalue weighted by Gasteiger charge is -2.01. The first kappa shape index (κ1) is 23.7. The van der Waals surface area contributed by atoms with Crippen molar-refractivity contribution in [3.63, 3.8) is 0 Å². The second-order valence-electron chi connectivity index (χ2n) is 5.44. The van der Waals surface area contributed by atoms with Gasteiger partial charge in [-0.1, -0.05) is 48.8 Å². The standard InChI is InChI=1S/C21H28O5/c1-3-18(22)12-9-6-10-15-19(23)13-7-4-5-8-14-20(24)16-11-17-21(25)26-2/h4-5,7,9,12-13,18-20,22-24H,3,11,15-17H2,1-2H3/b5-4+,12-9+,13-7+/t18-,19+,20-/m1/s1. The number of hydrogen-bond acceptors (Lipinski definition) is 5.